The van der Waals surface area contributed by atoms with Crippen LogP contribution >= 0.6 is 0 Å². The second-order valence-corrected chi connectivity index (χ2v) is 6.07. The zero-order chi connectivity index (χ0) is 16.4. The van der Waals surface area contributed by atoms with Crippen LogP contribution in [0.1, 0.15) is 19.5 Å². The van der Waals surface area contributed by atoms with Crippen LogP contribution in [0.3, 0.4) is 0 Å². The molecule has 0 unspecified atom stereocenters. The minimum atomic E-state index is -1.06. The Morgan fingerprint density at radius 2 is 1.96 bits per heavy atom. The second-order valence-electron chi connectivity index (χ2n) is 6.07. The highest BCUT2D eigenvalue weighted by atomic mass is 16.5. The fourth-order valence-electron chi connectivity index (χ4n) is 2.36. The lowest BCUT2D eigenvalue weighted by atomic mass is 10.0. The lowest BCUT2D eigenvalue weighted by Crippen LogP contribution is -2.38. The monoisotopic (exact) mass is 315 g/mol. The molecule has 0 aromatic carbocycles. The molecule has 7 heteroatoms. The Kier molecular flexibility index (Phi) is 4.14. The summed E-state index contributed by atoms with van der Waals surface area (Å²) >= 11 is 0. The van der Waals surface area contributed by atoms with Crippen molar-refractivity contribution in [1.82, 2.24) is 15.0 Å². The summed E-state index contributed by atoms with van der Waals surface area (Å²) in [5.74, 6) is 1.05. The van der Waals surface area contributed by atoms with Gasteiger partial charge in [-0.25, -0.2) is 15.0 Å². The van der Waals surface area contributed by atoms with E-state index in [0.29, 0.717) is 36.4 Å². The minimum Gasteiger partial charge on any atom is -0.384 e. The Morgan fingerprint density at radius 3 is 2.57 bits per heavy atom. The molecular formula is C16H21N5O2. The summed E-state index contributed by atoms with van der Waals surface area (Å²) in [5.41, 5.74) is 6.71. The first-order valence-corrected chi connectivity index (χ1v) is 7.60. The van der Waals surface area contributed by atoms with Gasteiger partial charge in [0, 0.05) is 24.8 Å². The van der Waals surface area contributed by atoms with Crippen molar-refractivity contribution in [3.8, 4) is 11.3 Å². The van der Waals surface area contributed by atoms with Gasteiger partial charge in [0.1, 0.15) is 11.4 Å². The van der Waals surface area contributed by atoms with Crippen LogP contribution in [0.2, 0.25) is 0 Å². The van der Waals surface area contributed by atoms with Crippen LogP contribution < -0.4 is 10.6 Å². The highest BCUT2D eigenvalue weighted by Crippen LogP contribution is 2.26. The van der Waals surface area contributed by atoms with Gasteiger partial charge in [-0.1, -0.05) is 0 Å². The zero-order valence-corrected chi connectivity index (χ0v) is 13.4. The normalized spacial score (nSPS) is 15.7. The molecule has 2 aromatic rings. The molecule has 122 valence electrons. The highest BCUT2D eigenvalue weighted by Gasteiger charge is 2.23. The number of ether oxygens (including phenoxy) is 1. The van der Waals surface area contributed by atoms with Crippen molar-refractivity contribution in [3.05, 3.63) is 30.1 Å². The first kappa shape index (κ1) is 15.6. The quantitative estimate of drug-likeness (QED) is 0.878. The Labute approximate surface area is 135 Å². The lowest BCUT2D eigenvalue weighted by Gasteiger charge is -2.28. The molecule has 0 amide bonds. The smallest absolute Gasteiger partial charge is 0.226 e. The zero-order valence-electron chi connectivity index (χ0n) is 13.4. The van der Waals surface area contributed by atoms with Crippen molar-refractivity contribution in [1.29, 1.82) is 0 Å². The van der Waals surface area contributed by atoms with E-state index < -0.39 is 5.60 Å². The van der Waals surface area contributed by atoms with E-state index in [-0.39, 0.29) is 0 Å². The molecule has 3 N–H and O–H groups in total. The van der Waals surface area contributed by atoms with E-state index in [9.17, 15) is 5.11 Å². The maximum atomic E-state index is 10.4. The minimum absolute atomic E-state index is 0.457. The summed E-state index contributed by atoms with van der Waals surface area (Å²) in [6, 6.07) is 5.38. The fraction of sp³-hybridized carbons (Fsp3) is 0.438. The SMILES string of the molecule is CC(C)(O)c1cc(-c2ccc(N)nc2)nc(N2CCOCC2)n1. The Hall–Kier alpha value is -2.25. The van der Waals surface area contributed by atoms with Crippen LogP contribution in [0.5, 0.6) is 0 Å². The number of pyridine rings is 1. The topological polar surface area (TPSA) is 97.4 Å². The van der Waals surface area contributed by atoms with E-state index in [0.717, 1.165) is 18.7 Å². The van der Waals surface area contributed by atoms with E-state index in [1.807, 2.05) is 6.07 Å². The molecule has 2 aromatic heterocycles. The summed E-state index contributed by atoms with van der Waals surface area (Å²) < 4.78 is 5.38. The van der Waals surface area contributed by atoms with E-state index in [1.165, 1.54) is 0 Å². The van der Waals surface area contributed by atoms with E-state index in [1.54, 1.807) is 32.2 Å². The third kappa shape index (κ3) is 3.57. The molecule has 0 aliphatic carbocycles. The van der Waals surface area contributed by atoms with Crippen LogP contribution in [0, 0.1) is 0 Å². The van der Waals surface area contributed by atoms with E-state index in [4.69, 9.17) is 10.5 Å². The molecule has 0 radical (unpaired) electrons. The van der Waals surface area contributed by atoms with Crippen molar-refractivity contribution in [3.63, 3.8) is 0 Å². The van der Waals surface area contributed by atoms with Crippen LogP contribution in [0.4, 0.5) is 11.8 Å². The number of nitrogen functional groups attached to an aromatic ring is 1. The van der Waals surface area contributed by atoms with Crippen LogP contribution in [0.15, 0.2) is 24.4 Å². The van der Waals surface area contributed by atoms with Gasteiger partial charge in [0.25, 0.3) is 0 Å². The summed E-state index contributed by atoms with van der Waals surface area (Å²) in [6.07, 6.45) is 1.68. The first-order chi connectivity index (χ1) is 10.9. The van der Waals surface area contributed by atoms with Crippen molar-refractivity contribution >= 4 is 11.8 Å². The molecule has 0 atom stereocenters. The molecule has 1 saturated heterocycles. The fourth-order valence-corrected chi connectivity index (χ4v) is 2.36. The van der Waals surface area contributed by atoms with Crippen LogP contribution in [0.25, 0.3) is 11.3 Å². The molecule has 7 nitrogen and oxygen atoms in total. The Bertz CT molecular complexity index is 676. The molecule has 0 saturated carbocycles. The van der Waals surface area contributed by atoms with E-state index >= 15 is 0 Å². The van der Waals surface area contributed by atoms with Gasteiger partial charge in [0.05, 0.1) is 24.6 Å². The summed E-state index contributed by atoms with van der Waals surface area (Å²) in [6.45, 7) is 6.18. The standard InChI is InChI=1S/C16H21N5O2/c1-16(2,22)13-9-12(11-3-4-14(17)18-10-11)19-15(20-13)21-5-7-23-8-6-21/h3-4,9-10,22H,5-8H2,1-2H3,(H2,17,18). The average Bonchev–Trinajstić information content (AvgIpc) is 2.55. The van der Waals surface area contributed by atoms with Crippen molar-refractivity contribution in [2.75, 3.05) is 36.9 Å². The maximum absolute atomic E-state index is 10.4. The number of hydrogen-bond donors (Lipinski definition) is 2. The Morgan fingerprint density at radius 1 is 1.22 bits per heavy atom. The third-order valence-corrected chi connectivity index (χ3v) is 3.72. The number of hydrogen-bond acceptors (Lipinski definition) is 7. The van der Waals surface area contributed by atoms with E-state index in [2.05, 4.69) is 19.9 Å². The largest absolute Gasteiger partial charge is 0.384 e. The second kappa shape index (κ2) is 6.10. The number of anilines is 2. The molecule has 0 spiro atoms. The molecular weight excluding hydrogens is 294 g/mol. The van der Waals surface area contributed by atoms with Gasteiger partial charge in [-0.15, -0.1) is 0 Å². The maximum Gasteiger partial charge on any atom is 0.226 e. The van der Waals surface area contributed by atoms with Crippen LogP contribution in [-0.4, -0.2) is 46.4 Å². The van der Waals surface area contributed by atoms with Gasteiger partial charge < -0.3 is 20.5 Å². The molecule has 1 fully saturated rings. The molecule has 1 aliphatic heterocycles. The first-order valence-electron chi connectivity index (χ1n) is 7.60. The summed E-state index contributed by atoms with van der Waals surface area (Å²) in [5, 5.41) is 10.4. The number of morpholine rings is 1. The number of aromatic nitrogens is 3. The summed E-state index contributed by atoms with van der Waals surface area (Å²) in [7, 11) is 0. The molecule has 3 rings (SSSR count). The van der Waals surface area contributed by atoms with Crippen molar-refractivity contribution in [2.24, 2.45) is 0 Å². The summed E-state index contributed by atoms with van der Waals surface area (Å²) in [4.78, 5) is 15.3. The molecule has 3 heterocycles. The molecule has 23 heavy (non-hydrogen) atoms. The number of nitrogens with zero attached hydrogens (tertiary/aromatic N) is 4. The van der Waals surface area contributed by atoms with Crippen molar-refractivity contribution < 1.29 is 9.84 Å². The number of aliphatic hydroxyl groups is 1. The highest BCUT2D eigenvalue weighted by molar-refractivity contribution is 5.61. The van der Waals surface area contributed by atoms with Gasteiger partial charge in [0.2, 0.25) is 5.95 Å². The molecule has 1 aliphatic rings. The number of rotatable bonds is 3. The van der Waals surface area contributed by atoms with Gasteiger partial charge in [-0.05, 0) is 32.0 Å². The predicted molar refractivity (Wildman–Crippen MR) is 88.0 cm³/mol. The van der Waals surface area contributed by atoms with Crippen LogP contribution in [-0.2, 0) is 10.3 Å². The van der Waals surface area contributed by atoms with Gasteiger partial charge in [-0.2, -0.15) is 0 Å². The third-order valence-electron chi connectivity index (χ3n) is 3.72. The average molecular weight is 315 g/mol. The Balaban J connectivity index is 2.05. The van der Waals surface area contributed by atoms with Gasteiger partial charge in [-0.3, -0.25) is 0 Å². The number of nitrogens with two attached hydrogens (primary N) is 1. The molecule has 0 bridgehead atoms. The lowest BCUT2D eigenvalue weighted by molar-refractivity contribution is 0.0737. The predicted octanol–water partition coefficient (Wildman–Crippen LogP) is 1.18. The van der Waals surface area contributed by atoms with Crippen molar-refractivity contribution in [2.45, 2.75) is 19.4 Å². The van der Waals surface area contributed by atoms with Gasteiger partial charge >= 0.3 is 0 Å². The van der Waals surface area contributed by atoms with Gasteiger partial charge in [0.15, 0.2) is 0 Å².